The normalized spacial score (nSPS) is 14.2. The van der Waals surface area contributed by atoms with Gasteiger partial charge in [0.1, 0.15) is 11.0 Å². The summed E-state index contributed by atoms with van der Waals surface area (Å²) in [5.74, 6) is 1.37. The van der Waals surface area contributed by atoms with Gasteiger partial charge in [-0.15, -0.1) is 0 Å². The van der Waals surface area contributed by atoms with Gasteiger partial charge in [0.25, 0.3) is 0 Å². The number of nitrogens with zero attached hydrogens (tertiary/aromatic N) is 4. The van der Waals surface area contributed by atoms with E-state index in [4.69, 9.17) is 27.9 Å². The number of fused-ring (bicyclic) bond motifs is 1. The highest BCUT2D eigenvalue weighted by Crippen LogP contribution is 2.24. The minimum atomic E-state index is 0.434. The number of benzene rings is 1. The van der Waals surface area contributed by atoms with E-state index in [-0.39, 0.29) is 0 Å². The predicted molar refractivity (Wildman–Crippen MR) is 118 cm³/mol. The molecule has 7 nitrogen and oxygen atoms in total. The topological polar surface area (TPSA) is 75.2 Å². The van der Waals surface area contributed by atoms with Crippen molar-refractivity contribution in [3.8, 4) is 0 Å². The van der Waals surface area contributed by atoms with Gasteiger partial charge in [-0.3, -0.25) is 4.98 Å². The van der Waals surface area contributed by atoms with Crippen molar-refractivity contribution in [2.45, 2.75) is 6.42 Å². The van der Waals surface area contributed by atoms with Crippen LogP contribution in [0.3, 0.4) is 0 Å². The largest absolute Gasteiger partial charge is 0.384 e. The second-order valence-corrected chi connectivity index (χ2v) is 7.53. The highest BCUT2D eigenvalue weighted by Gasteiger charge is 2.15. The molecule has 0 atom stereocenters. The second-order valence-electron chi connectivity index (χ2n) is 6.70. The average Bonchev–Trinajstić information content (AvgIpc) is 2.73. The highest BCUT2D eigenvalue weighted by molar-refractivity contribution is 6.31. The van der Waals surface area contributed by atoms with Gasteiger partial charge in [0.2, 0.25) is 5.95 Å². The summed E-state index contributed by atoms with van der Waals surface area (Å²) >= 11 is 12.2. The molecule has 3 heterocycles. The molecule has 0 radical (unpaired) electrons. The zero-order valence-corrected chi connectivity index (χ0v) is 17.4. The first-order valence-corrected chi connectivity index (χ1v) is 10.3. The third-order valence-corrected chi connectivity index (χ3v) is 5.09. The molecular weight excluding hydrogens is 411 g/mol. The Kier molecular flexibility index (Phi) is 6.49. The number of rotatable bonds is 7. The Morgan fingerprint density at radius 3 is 2.69 bits per heavy atom. The van der Waals surface area contributed by atoms with E-state index in [2.05, 4.69) is 30.5 Å². The van der Waals surface area contributed by atoms with Crippen molar-refractivity contribution in [1.82, 2.24) is 15.0 Å². The predicted octanol–water partition coefficient (Wildman–Crippen LogP) is 4.08. The van der Waals surface area contributed by atoms with Crippen LogP contribution in [0.25, 0.3) is 10.9 Å². The van der Waals surface area contributed by atoms with Crippen LogP contribution in [-0.4, -0.2) is 54.3 Å². The lowest BCUT2D eigenvalue weighted by atomic mass is 10.2. The van der Waals surface area contributed by atoms with E-state index >= 15 is 0 Å². The number of halogens is 2. The zero-order valence-electron chi connectivity index (χ0n) is 15.9. The van der Waals surface area contributed by atoms with Crippen LogP contribution in [0.4, 0.5) is 17.5 Å². The van der Waals surface area contributed by atoms with Gasteiger partial charge >= 0.3 is 0 Å². The standard InChI is InChI=1S/C20H22Cl2N6O/c21-14-2-3-15-16(4-7-24-17(15)12-14)23-5-1-6-25-19-13-18(22)26-20(27-19)28-8-10-29-11-9-28/h2-4,7,12-13H,1,5-6,8-11H2,(H,23,24)(H,25,26,27). The molecular formula is C20H22Cl2N6O. The summed E-state index contributed by atoms with van der Waals surface area (Å²) in [6.07, 6.45) is 2.70. The molecule has 3 aromatic rings. The smallest absolute Gasteiger partial charge is 0.228 e. The summed E-state index contributed by atoms with van der Waals surface area (Å²) in [4.78, 5) is 15.4. The molecule has 0 amide bonds. The number of hydrogen-bond donors (Lipinski definition) is 2. The number of ether oxygens (including phenoxy) is 1. The average molecular weight is 433 g/mol. The minimum Gasteiger partial charge on any atom is -0.384 e. The quantitative estimate of drug-likeness (QED) is 0.430. The molecule has 0 aliphatic carbocycles. The van der Waals surface area contributed by atoms with E-state index in [0.717, 1.165) is 55.0 Å². The molecule has 1 fully saturated rings. The maximum absolute atomic E-state index is 6.18. The van der Waals surface area contributed by atoms with Crippen LogP contribution in [0.2, 0.25) is 10.2 Å². The first kappa shape index (κ1) is 19.9. The van der Waals surface area contributed by atoms with Crippen molar-refractivity contribution in [3.63, 3.8) is 0 Å². The van der Waals surface area contributed by atoms with Crippen LogP contribution in [0.1, 0.15) is 6.42 Å². The number of anilines is 3. The lowest BCUT2D eigenvalue weighted by Crippen LogP contribution is -2.37. The van der Waals surface area contributed by atoms with Crippen molar-refractivity contribution in [3.05, 3.63) is 46.7 Å². The van der Waals surface area contributed by atoms with E-state index in [1.807, 2.05) is 24.3 Å². The molecule has 0 saturated carbocycles. The fraction of sp³-hybridized carbons (Fsp3) is 0.350. The van der Waals surface area contributed by atoms with Gasteiger partial charge in [-0.2, -0.15) is 4.98 Å². The monoisotopic (exact) mass is 432 g/mol. The molecule has 2 N–H and O–H groups in total. The Morgan fingerprint density at radius 2 is 1.83 bits per heavy atom. The summed E-state index contributed by atoms with van der Waals surface area (Å²) in [6, 6.07) is 9.46. The fourth-order valence-corrected chi connectivity index (χ4v) is 3.55. The molecule has 0 spiro atoms. The van der Waals surface area contributed by atoms with Crippen LogP contribution < -0.4 is 15.5 Å². The van der Waals surface area contributed by atoms with Crippen LogP contribution in [0, 0.1) is 0 Å². The molecule has 1 saturated heterocycles. The molecule has 9 heteroatoms. The molecule has 2 aromatic heterocycles. The van der Waals surface area contributed by atoms with E-state index in [0.29, 0.717) is 29.3 Å². The molecule has 152 valence electrons. The van der Waals surface area contributed by atoms with E-state index in [9.17, 15) is 0 Å². The summed E-state index contributed by atoms with van der Waals surface area (Å²) in [5.41, 5.74) is 1.93. The molecule has 1 aromatic carbocycles. The van der Waals surface area contributed by atoms with Crippen molar-refractivity contribution >= 4 is 51.6 Å². The Hall–Kier alpha value is -2.35. The van der Waals surface area contributed by atoms with Gasteiger partial charge < -0.3 is 20.3 Å². The van der Waals surface area contributed by atoms with Gasteiger partial charge in [-0.1, -0.05) is 23.2 Å². The molecule has 1 aliphatic rings. The number of aromatic nitrogens is 3. The van der Waals surface area contributed by atoms with Crippen LogP contribution in [0.15, 0.2) is 36.5 Å². The van der Waals surface area contributed by atoms with Crippen LogP contribution in [-0.2, 0) is 4.74 Å². The van der Waals surface area contributed by atoms with E-state index < -0.39 is 0 Å². The lowest BCUT2D eigenvalue weighted by Gasteiger charge is -2.27. The van der Waals surface area contributed by atoms with Crippen LogP contribution >= 0.6 is 23.2 Å². The van der Waals surface area contributed by atoms with E-state index in [1.54, 1.807) is 12.3 Å². The Labute approximate surface area is 179 Å². The molecule has 4 rings (SSSR count). The Balaban J connectivity index is 1.30. The number of morpholine rings is 1. The van der Waals surface area contributed by atoms with Gasteiger partial charge in [-0.05, 0) is 30.7 Å². The highest BCUT2D eigenvalue weighted by atomic mass is 35.5. The van der Waals surface area contributed by atoms with E-state index in [1.165, 1.54) is 0 Å². The first-order chi connectivity index (χ1) is 14.2. The summed E-state index contributed by atoms with van der Waals surface area (Å²) in [7, 11) is 0. The van der Waals surface area contributed by atoms with Gasteiger partial charge in [0.15, 0.2) is 0 Å². The fourth-order valence-electron chi connectivity index (χ4n) is 3.20. The minimum absolute atomic E-state index is 0.434. The molecule has 1 aliphatic heterocycles. The lowest BCUT2D eigenvalue weighted by molar-refractivity contribution is 0.122. The number of nitrogens with one attached hydrogen (secondary N) is 2. The Bertz CT molecular complexity index is 980. The van der Waals surface area contributed by atoms with Crippen molar-refractivity contribution in [2.24, 2.45) is 0 Å². The van der Waals surface area contributed by atoms with Crippen molar-refractivity contribution < 1.29 is 4.74 Å². The number of hydrogen-bond acceptors (Lipinski definition) is 7. The van der Waals surface area contributed by atoms with Crippen molar-refractivity contribution in [2.75, 3.05) is 54.9 Å². The third-order valence-electron chi connectivity index (χ3n) is 4.66. The molecule has 0 unspecified atom stereocenters. The van der Waals surface area contributed by atoms with Gasteiger partial charge in [-0.25, -0.2) is 4.98 Å². The SMILES string of the molecule is Clc1ccc2c(NCCCNc3cc(Cl)nc(N4CCOCC4)n3)ccnc2c1. The summed E-state index contributed by atoms with van der Waals surface area (Å²) in [6.45, 7) is 4.48. The maximum Gasteiger partial charge on any atom is 0.228 e. The summed E-state index contributed by atoms with van der Waals surface area (Å²) in [5, 5.41) is 8.98. The molecule has 29 heavy (non-hydrogen) atoms. The van der Waals surface area contributed by atoms with Crippen molar-refractivity contribution in [1.29, 1.82) is 0 Å². The molecule has 0 bridgehead atoms. The number of pyridine rings is 1. The van der Waals surface area contributed by atoms with Gasteiger partial charge in [0.05, 0.1) is 18.7 Å². The maximum atomic E-state index is 6.18. The second kappa shape index (κ2) is 9.43. The van der Waals surface area contributed by atoms with Crippen LogP contribution in [0.5, 0.6) is 0 Å². The van der Waals surface area contributed by atoms with Gasteiger partial charge in [0, 0.05) is 54.5 Å². The zero-order chi connectivity index (χ0) is 20.1. The third kappa shape index (κ3) is 5.18. The summed E-state index contributed by atoms with van der Waals surface area (Å²) < 4.78 is 5.38. The Morgan fingerprint density at radius 1 is 1.00 bits per heavy atom. The first-order valence-electron chi connectivity index (χ1n) is 9.58.